The monoisotopic (exact) mass is 192 g/mol. The van der Waals surface area contributed by atoms with E-state index in [1.54, 1.807) is 0 Å². The summed E-state index contributed by atoms with van der Waals surface area (Å²) in [4.78, 5) is 0. The van der Waals surface area contributed by atoms with E-state index in [9.17, 15) is 0 Å². The molecule has 0 N–H and O–H groups in total. The maximum absolute atomic E-state index is 5.49. The van der Waals surface area contributed by atoms with Crippen molar-refractivity contribution < 1.29 is 9.47 Å². The molecule has 2 heteroatoms. The molecule has 0 aliphatic carbocycles. The number of fused-ring (bicyclic) bond motifs is 1. The van der Waals surface area contributed by atoms with Crippen LogP contribution in [0.2, 0.25) is 0 Å². The largest absolute Gasteiger partial charge is 0.454 e. The highest BCUT2D eigenvalue weighted by Gasteiger charge is 2.18. The number of hydrogen-bond donors (Lipinski definition) is 0. The minimum Gasteiger partial charge on any atom is -0.454 e. The number of hydrogen-bond acceptors (Lipinski definition) is 2. The number of benzene rings is 1. The first kappa shape index (κ1) is 9.38. The van der Waals surface area contributed by atoms with Gasteiger partial charge < -0.3 is 9.47 Å². The van der Waals surface area contributed by atoms with E-state index in [2.05, 4.69) is 19.9 Å². The number of rotatable bonds is 3. The van der Waals surface area contributed by atoms with Crippen molar-refractivity contribution in [1.82, 2.24) is 0 Å². The Hall–Kier alpha value is -1.18. The molecule has 0 radical (unpaired) electrons. The molecule has 0 amide bonds. The van der Waals surface area contributed by atoms with Crippen molar-refractivity contribution in [3.05, 3.63) is 23.3 Å². The van der Waals surface area contributed by atoms with Crippen molar-refractivity contribution in [3.63, 3.8) is 0 Å². The zero-order valence-electron chi connectivity index (χ0n) is 8.80. The van der Waals surface area contributed by atoms with Crippen molar-refractivity contribution in [2.24, 2.45) is 0 Å². The third-order valence-electron chi connectivity index (χ3n) is 2.61. The van der Waals surface area contributed by atoms with Crippen LogP contribution >= 0.6 is 0 Å². The molecule has 0 saturated heterocycles. The molecule has 0 spiro atoms. The summed E-state index contributed by atoms with van der Waals surface area (Å²) in [6.07, 6.45) is 3.31. The molecule has 0 fully saturated rings. The molecule has 0 bridgehead atoms. The summed E-state index contributed by atoms with van der Waals surface area (Å²) in [5.74, 6) is 1.88. The highest BCUT2D eigenvalue weighted by Crippen LogP contribution is 2.38. The quantitative estimate of drug-likeness (QED) is 0.733. The van der Waals surface area contributed by atoms with Crippen molar-refractivity contribution in [2.45, 2.75) is 33.1 Å². The second kappa shape index (κ2) is 3.91. The maximum atomic E-state index is 5.49. The average molecular weight is 192 g/mol. The van der Waals surface area contributed by atoms with Gasteiger partial charge in [0.15, 0.2) is 11.5 Å². The van der Waals surface area contributed by atoms with Gasteiger partial charge in [0.25, 0.3) is 0 Å². The molecule has 0 aromatic heterocycles. The van der Waals surface area contributed by atoms with Crippen LogP contribution in [0.5, 0.6) is 11.5 Å². The summed E-state index contributed by atoms with van der Waals surface area (Å²) >= 11 is 0. The van der Waals surface area contributed by atoms with Gasteiger partial charge in [-0.25, -0.2) is 0 Å². The lowest BCUT2D eigenvalue weighted by atomic mass is 10.00. The van der Waals surface area contributed by atoms with Gasteiger partial charge in [-0.15, -0.1) is 0 Å². The summed E-state index contributed by atoms with van der Waals surface area (Å²) in [6, 6.07) is 4.18. The van der Waals surface area contributed by atoms with Gasteiger partial charge in [-0.2, -0.15) is 0 Å². The van der Waals surface area contributed by atoms with Crippen molar-refractivity contribution in [2.75, 3.05) is 6.79 Å². The van der Waals surface area contributed by atoms with Gasteiger partial charge in [-0.1, -0.05) is 26.3 Å². The zero-order chi connectivity index (χ0) is 9.97. The molecule has 1 aromatic carbocycles. The third kappa shape index (κ3) is 1.45. The van der Waals surface area contributed by atoms with E-state index >= 15 is 0 Å². The summed E-state index contributed by atoms with van der Waals surface area (Å²) in [5.41, 5.74) is 2.72. The molecule has 1 aliphatic rings. The van der Waals surface area contributed by atoms with Crippen LogP contribution in [0.3, 0.4) is 0 Å². The van der Waals surface area contributed by atoms with Gasteiger partial charge in [-0.05, 0) is 24.5 Å². The van der Waals surface area contributed by atoms with E-state index in [1.165, 1.54) is 17.5 Å². The highest BCUT2D eigenvalue weighted by molar-refractivity contribution is 5.52. The van der Waals surface area contributed by atoms with Crippen LogP contribution in [0.1, 0.15) is 31.4 Å². The smallest absolute Gasteiger partial charge is 0.231 e. The second-order valence-electron chi connectivity index (χ2n) is 3.54. The van der Waals surface area contributed by atoms with Gasteiger partial charge in [0.05, 0.1) is 0 Å². The van der Waals surface area contributed by atoms with Crippen LogP contribution in [0.15, 0.2) is 12.1 Å². The lowest BCUT2D eigenvalue weighted by Crippen LogP contribution is -1.96. The Labute approximate surface area is 84.8 Å². The molecule has 1 heterocycles. The third-order valence-corrected chi connectivity index (χ3v) is 2.61. The van der Waals surface area contributed by atoms with E-state index in [0.29, 0.717) is 6.79 Å². The molecule has 0 saturated carbocycles. The minimum absolute atomic E-state index is 0.373. The van der Waals surface area contributed by atoms with Gasteiger partial charge in [0.2, 0.25) is 6.79 Å². The first-order valence-corrected chi connectivity index (χ1v) is 5.27. The van der Waals surface area contributed by atoms with Gasteiger partial charge in [0, 0.05) is 5.56 Å². The average Bonchev–Trinajstić information content (AvgIpc) is 2.66. The predicted molar refractivity (Wildman–Crippen MR) is 55.9 cm³/mol. The molecule has 2 rings (SSSR count). The van der Waals surface area contributed by atoms with Crippen LogP contribution in [-0.2, 0) is 12.8 Å². The van der Waals surface area contributed by atoms with E-state index in [0.717, 1.165) is 24.3 Å². The van der Waals surface area contributed by atoms with E-state index in [-0.39, 0.29) is 0 Å². The molecule has 0 unspecified atom stereocenters. The summed E-state index contributed by atoms with van der Waals surface area (Å²) in [5, 5.41) is 0. The van der Waals surface area contributed by atoms with E-state index < -0.39 is 0 Å². The standard InChI is InChI=1S/C12H16O2/c1-3-5-9-6-7-11-12(10(9)4-2)14-8-13-11/h6-7H,3-5,8H2,1-2H3. The fourth-order valence-corrected chi connectivity index (χ4v) is 1.96. The summed E-state index contributed by atoms with van der Waals surface area (Å²) in [6.45, 7) is 4.73. The van der Waals surface area contributed by atoms with Crippen LogP contribution in [-0.4, -0.2) is 6.79 Å². The zero-order valence-corrected chi connectivity index (χ0v) is 8.80. The van der Waals surface area contributed by atoms with Crippen molar-refractivity contribution in [3.8, 4) is 11.5 Å². The lowest BCUT2D eigenvalue weighted by molar-refractivity contribution is 0.173. The highest BCUT2D eigenvalue weighted by atomic mass is 16.7. The van der Waals surface area contributed by atoms with E-state index in [1.807, 2.05) is 6.07 Å². The molecule has 2 nitrogen and oxygen atoms in total. The predicted octanol–water partition coefficient (Wildman–Crippen LogP) is 2.93. The molecular weight excluding hydrogens is 176 g/mol. The van der Waals surface area contributed by atoms with Crippen LogP contribution in [0, 0.1) is 0 Å². The molecular formula is C12H16O2. The molecule has 14 heavy (non-hydrogen) atoms. The maximum Gasteiger partial charge on any atom is 0.231 e. The van der Waals surface area contributed by atoms with Crippen molar-refractivity contribution in [1.29, 1.82) is 0 Å². The van der Waals surface area contributed by atoms with Crippen molar-refractivity contribution >= 4 is 0 Å². The summed E-state index contributed by atoms with van der Waals surface area (Å²) in [7, 11) is 0. The molecule has 0 atom stereocenters. The van der Waals surface area contributed by atoms with Crippen LogP contribution in [0.4, 0.5) is 0 Å². The lowest BCUT2D eigenvalue weighted by Gasteiger charge is -2.09. The minimum atomic E-state index is 0.373. The fourth-order valence-electron chi connectivity index (χ4n) is 1.96. The SMILES string of the molecule is CCCc1ccc2c(c1CC)OCO2. The first-order valence-electron chi connectivity index (χ1n) is 5.27. The topological polar surface area (TPSA) is 18.5 Å². The van der Waals surface area contributed by atoms with Crippen LogP contribution < -0.4 is 9.47 Å². The van der Waals surface area contributed by atoms with Gasteiger partial charge in [-0.3, -0.25) is 0 Å². The Morgan fingerprint density at radius 3 is 2.79 bits per heavy atom. The molecule has 1 aliphatic heterocycles. The Balaban J connectivity index is 2.43. The summed E-state index contributed by atoms with van der Waals surface area (Å²) < 4.78 is 10.8. The number of ether oxygens (including phenoxy) is 2. The van der Waals surface area contributed by atoms with E-state index in [4.69, 9.17) is 9.47 Å². The Morgan fingerprint density at radius 2 is 2.07 bits per heavy atom. The van der Waals surface area contributed by atoms with Gasteiger partial charge in [0.1, 0.15) is 0 Å². The second-order valence-corrected chi connectivity index (χ2v) is 3.54. The van der Waals surface area contributed by atoms with Crippen LogP contribution in [0.25, 0.3) is 0 Å². The Kier molecular flexibility index (Phi) is 2.62. The Morgan fingerprint density at radius 1 is 1.21 bits per heavy atom. The first-order chi connectivity index (χ1) is 6.86. The molecule has 76 valence electrons. The van der Waals surface area contributed by atoms with Gasteiger partial charge >= 0.3 is 0 Å². The number of aryl methyl sites for hydroxylation is 1. The molecule has 1 aromatic rings. The normalized spacial score (nSPS) is 13.3. The fraction of sp³-hybridized carbons (Fsp3) is 0.500. The Bertz CT molecular complexity index is 331.